The molecule has 14 heteroatoms. The van der Waals surface area contributed by atoms with E-state index in [4.69, 9.17) is 14.7 Å². The first kappa shape index (κ1) is 32.3. The van der Waals surface area contributed by atoms with Gasteiger partial charge in [0.25, 0.3) is 5.91 Å². The average molecular weight is 647 g/mol. The third-order valence-corrected chi connectivity index (χ3v) is 8.35. The van der Waals surface area contributed by atoms with Gasteiger partial charge in [-0.15, -0.1) is 0 Å². The van der Waals surface area contributed by atoms with Crippen LogP contribution >= 0.6 is 11.3 Å². The number of carbonyl (C=O) groups is 2. The van der Waals surface area contributed by atoms with Gasteiger partial charge in [-0.2, -0.15) is 0 Å². The monoisotopic (exact) mass is 646 g/mol. The number of pyridine rings is 2. The second-order valence-corrected chi connectivity index (χ2v) is 11.5. The molecule has 2 aliphatic heterocycles. The molecule has 3 aromatic rings. The smallest absolute Gasteiger partial charge is 0.267 e. The van der Waals surface area contributed by atoms with Crippen LogP contribution in [0.4, 0.5) is 26.8 Å². The lowest BCUT2D eigenvalue weighted by molar-refractivity contribution is -0.126. The van der Waals surface area contributed by atoms with E-state index < -0.39 is 17.8 Å². The van der Waals surface area contributed by atoms with Crippen LogP contribution in [0.25, 0.3) is 11.3 Å². The Morgan fingerprint density at radius 1 is 1.15 bits per heavy atom. The minimum atomic E-state index is -0.765. The summed E-state index contributed by atoms with van der Waals surface area (Å²) in [5.41, 5.74) is 2.19. The number of aliphatic hydroxyl groups excluding tert-OH is 1. The topological polar surface area (TPSA) is 136 Å². The molecule has 3 aromatic heterocycles. The van der Waals surface area contributed by atoms with E-state index in [0.29, 0.717) is 61.7 Å². The van der Waals surface area contributed by atoms with Gasteiger partial charge in [-0.25, -0.2) is 19.3 Å². The Kier molecular flexibility index (Phi) is 10.1. The lowest BCUT2D eigenvalue weighted by atomic mass is 10.1. The van der Waals surface area contributed by atoms with Crippen molar-refractivity contribution in [2.24, 2.45) is 0 Å². The van der Waals surface area contributed by atoms with Crippen LogP contribution in [0.1, 0.15) is 16.6 Å². The van der Waals surface area contributed by atoms with E-state index >= 15 is 0 Å². The summed E-state index contributed by atoms with van der Waals surface area (Å²) in [6.07, 6.45) is 8.77. The molecule has 2 saturated heterocycles. The van der Waals surface area contributed by atoms with Gasteiger partial charge in [0.05, 0.1) is 36.5 Å². The minimum absolute atomic E-state index is 0.0427. The highest BCUT2D eigenvalue weighted by molar-refractivity contribution is 7.17. The molecule has 0 bridgehead atoms. The van der Waals surface area contributed by atoms with Gasteiger partial charge < -0.3 is 35.2 Å². The van der Waals surface area contributed by atoms with Crippen molar-refractivity contribution in [2.75, 3.05) is 61.5 Å². The summed E-state index contributed by atoms with van der Waals surface area (Å²) in [6, 6.07) is 5.59. The molecule has 0 aromatic carbocycles. The zero-order valence-electron chi connectivity index (χ0n) is 25.6. The van der Waals surface area contributed by atoms with Crippen molar-refractivity contribution in [1.82, 2.24) is 25.2 Å². The fraction of sp³-hybridized carbons (Fsp3) is 0.281. The molecule has 0 unspecified atom stereocenters. The van der Waals surface area contributed by atoms with E-state index in [2.05, 4.69) is 38.6 Å². The molecule has 0 radical (unpaired) electrons. The van der Waals surface area contributed by atoms with Crippen molar-refractivity contribution in [3.8, 4) is 17.0 Å². The van der Waals surface area contributed by atoms with Gasteiger partial charge in [-0.1, -0.05) is 36.6 Å². The molecule has 2 aliphatic rings. The summed E-state index contributed by atoms with van der Waals surface area (Å²) in [7, 11) is 1.52. The first-order valence-corrected chi connectivity index (χ1v) is 15.4. The number of nitrogens with zero attached hydrogens (tertiary/aromatic N) is 6. The Morgan fingerprint density at radius 2 is 1.91 bits per heavy atom. The number of anilines is 4. The number of thiazole rings is 1. The first-order valence-electron chi connectivity index (χ1n) is 14.6. The maximum absolute atomic E-state index is 13.8. The molecule has 0 aliphatic carbocycles. The van der Waals surface area contributed by atoms with Crippen LogP contribution < -0.4 is 25.2 Å². The molecule has 0 spiro atoms. The number of rotatable bonds is 11. The van der Waals surface area contributed by atoms with Crippen molar-refractivity contribution >= 4 is 45.6 Å². The second kappa shape index (κ2) is 14.3. The Bertz CT molecular complexity index is 1690. The molecule has 5 heterocycles. The molecular formula is C32H35FN8O4S. The van der Waals surface area contributed by atoms with Crippen molar-refractivity contribution in [3.05, 3.63) is 84.5 Å². The summed E-state index contributed by atoms with van der Waals surface area (Å²) >= 11 is 1.07. The second-order valence-electron chi connectivity index (χ2n) is 10.5. The number of hydrogen-bond acceptors (Lipinski definition) is 11. The normalized spacial score (nSPS) is 15.5. The zero-order chi connectivity index (χ0) is 32.8. The molecule has 46 heavy (non-hydrogen) atoms. The summed E-state index contributed by atoms with van der Waals surface area (Å²) in [6.45, 7) is 12.0. The van der Waals surface area contributed by atoms with Gasteiger partial charge >= 0.3 is 0 Å². The van der Waals surface area contributed by atoms with Gasteiger partial charge in [-0.05, 0) is 37.3 Å². The molecule has 3 N–H and O–H groups in total. The number of nitrogens with one attached hydrogen (secondary N) is 2. The lowest BCUT2D eigenvalue weighted by Crippen LogP contribution is -2.52. The van der Waals surface area contributed by atoms with Gasteiger partial charge in [0, 0.05) is 51.0 Å². The third kappa shape index (κ3) is 7.24. The maximum Gasteiger partial charge on any atom is 0.267 e. The highest BCUT2D eigenvalue weighted by atomic mass is 32.1. The standard InChI is InChI=1S/C32H35FN8O4S/c1-5-7-8-23(20(3)33)37-31(44)27-17-35-32(46-27)38-29-26(45-4)10-9-24(36-29)21-15-25(41-18-22(42)19-41)30(34-16-21)40-13-11-39(12-14-40)28(43)6-2/h5-10,15-17,22,42H,2-3,11-14,18-19H2,1,4H3,(H,37,44)(H,35,36,38)/b7-5-,23-8+. The highest BCUT2D eigenvalue weighted by Gasteiger charge is 2.30. The number of piperazine rings is 1. The van der Waals surface area contributed by atoms with Crippen molar-refractivity contribution in [1.29, 1.82) is 0 Å². The number of methoxy groups -OCH3 is 1. The molecule has 5 rings (SSSR count). The van der Waals surface area contributed by atoms with E-state index in [9.17, 15) is 19.1 Å². The molecule has 2 amide bonds. The number of aromatic nitrogens is 3. The van der Waals surface area contributed by atoms with Gasteiger partial charge in [0.1, 0.15) is 10.7 Å². The maximum atomic E-state index is 13.8. The van der Waals surface area contributed by atoms with Crippen molar-refractivity contribution < 1.29 is 23.8 Å². The van der Waals surface area contributed by atoms with Gasteiger partial charge in [0.2, 0.25) is 5.91 Å². The lowest BCUT2D eigenvalue weighted by Gasteiger charge is -2.42. The SMILES string of the molecule is C=CC(=O)N1CCN(c2ncc(-c3ccc(OC)c(Nc4ncc(C(=O)N/C(=C/C=C\C)C(=C)F)s4)n3)cc2N2CC(O)C2)CC1. The number of β-amino-alcohol motifs (C(OH)–C–C–N with tert-alkyl or cyclic N) is 1. The Labute approximate surface area is 270 Å². The first-order chi connectivity index (χ1) is 22.2. The van der Waals surface area contributed by atoms with Crippen LogP contribution in [-0.2, 0) is 4.79 Å². The van der Waals surface area contributed by atoms with Crippen LogP contribution in [0.5, 0.6) is 5.75 Å². The predicted octanol–water partition coefficient (Wildman–Crippen LogP) is 4.04. The number of hydrogen-bond donors (Lipinski definition) is 3. The zero-order valence-corrected chi connectivity index (χ0v) is 26.4. The largest absolute Gasteiger partial charge is 0.493 e. The summed E-state index contributed by atoms with van der Waals surface area (Å²) in [5, 5.41) is 16.1. The van der Waals surface area contributed by atoms with E-state index in [1.807, 2.05) is 12.1 Å². The molecule has 240 valence electrons. The number of ether oxygens (including phenoxy) is 1. The third-order valence-electron chi connectivity index (χ3n) is 7.44. The summed E-state index contributed by atoms with van der Waals surface area (Å²) in [4.78, 5) is 45.0. The van der Waals surface area contributed by atoms with E-state index in [1.165, 1.54) is 25.5 Å². The summed E-state index contributed by atoms with van der Waals surface area (Å²) in [5.74, 6) is 0.228. The average Bonchev–Trinajstić information content (AvgIpc) is 3.53. The summed E-state index contributed by atoms with van der Waals surface area (Å²) < 4.78 is 19.3. The number of aliphatic hydroxyl groups is 1. The quantitative estimate of drug-likeness (QED) is 0.207. The minimum Gasteiger partial charge on any atom is -0.493 e. The van der Waals surface area contributed by atoms with Crippen LogP contribution in [0.2, 0.25) is 0 Å². The van der Waals surface area contributed by atoms with Crippen molar-refractivity contribution in [2.45, 2.75) is 13.0 Å². The molecule has 0 atom stereocenters. The fourth-order valence-electron chi connectivity index (χ4n) is 4.96. The van der Waals surface area contributed by atoms with Crippen LogP contribution in [-0.4, -0.2) is 89.3 Å². The Hall–Kier alpha value is -5.08. The Morgan fingerprint density at radius 3 is 2.57 bits per heavy atom. The fourth-order valence-corrected chi connectivity index (χ4v) is 5.67. The molecule has 12 nitrogen and oxygen atoms in total. The van der Waals surface area contributed by atoms with Crippen LogP contribution in [0.15, 0.2) is 79.6 Å². The van der Waals surface area contributed by atoms with E-state index in [1.54, 1.807) is 36.2 Å². The van der Waals surface area contributed by atoms with Gasteiger partial charge in [0.15, 0.2) is 22.5 Å². The van der Waals surface area contributed by atoms with Gasteiger partial charge in [-0.3, -0.25) is 9.59 Å². The molecule has 2 fully saturated rings. The number of halogens is 1. The highest BCUT2D eigenvalue weighted by Crippen LogP contribution is 2.36. The number of allylic oxidation sites excluding steroid dienone is 4. The predicted molar refractivity (Wildman–Crippen MR) is 177 cm³/mol. The Balaban J connectivity index is 1.37. The molecular weight excluding hydrogens is 611 g/mol. The number of amides is 2. The molecule has 0 saturated carbocycles. The van der Waals surface area contributed by atoms with E-state index in [-0.39, 0.29) is 16.5 Å². The van der Waals surface area contributed by atoms with Crippen molar-refractivity contribution in [3.63, 3.8) is 0 Å². The van der Waals surface area contributed by atoms with Crippen LogP contribution in [0, 0.1) is 0 Å². The van der Waals surface area contributed by atoms with Crippen LogP contribution in [0.3, 0.4) is 0 Å². The number of carbonyl (C=O) groups excluding carboxylic acids is 2. The van der Waals surface area contributed by atoms with E-state index in [0.717, 1.165) is 28.4 Å².